The van der Waals surface area contributed by atoms with E-state index in [1.54, 1.807) is 12.1 Å². The van der Waals surface area contributed by atoms with Gasteiger partial charge in [-0.15, -0.1) is 10.2 Å². The largest absolute Gasteiger partial charge is 0.414 e. The summed E-state index contributed by atoms with van der Waals surface area (Å²) in [6.45, 7) is 0. The Labute approximate surface area is 148 Å². The second-order valence-corrected chi connectivity index (χ2v) is 6.53. The van der Waals surface area contributed by atoms with Gasteiger partial charge in [-0.05, 0) is 24.1 Å². The Kier molecular flexibility index (Phi) is 5.50. The van der Waals surface area contributed by atoms with Gasteiger partial charge in [-0.2, -0.15) is 0 Å². The number of nitrogens with two attached hydrogens (primary N) is 1. The molecule has 1 heterocycles. The molecule has 0 aliphatic rings. The summed E-state index contributed by atoms with van der Waals surface area (Å²) in [4.78, 5) is 0. The number of benzene rings is 2. The monoisotopic (exact) mass is 363 g/mol. The molecular weight excluding hydrogens is 349 g/mol. The smallest absolute Gasteiger partial charge is 0.276 e. The average Bonchev–Trinajstić information content (AvgIpc) is 3.04. The molecule has 0 amide bonds. The van der Waals surface area contributed by atoms with Gasteiger partial charge in [0.05, 0.1) is 6.04 Å². The Hall–Kier alpha value is -1.89. The highest BCUT2D eigenvalue weighted by molar-refractivity contribution is 7.98. The van der Waals surface area contributed by atoms with Gasteiger partial charge in [-0.3, -0.25) is 0 Å². The number of hydrogen-bond acceptors (Lipinski definition) is 5. The van der Waals surface area contributed by atoms with E-state index in [1.807, 2.05) is 30.3 Å². The van der Waals surface area contributed by atoms with E-state index in [0.717, 1.165) is 5.56 Å². The van der Waals surface area contributed by atoms with Crippen LogP contribution >= 0.6 is 23.4 Å². The van der Waals surface area contributed by atoms with Gasteiger partial charge < -0.3 is 10.2 Å². The molecule has 0 fully saturated rings. The SMILES string of the molecule is N[C@@H](Cc1ccccc1)c1nnc(SCc2c(F)cccc2Cl)o1. The van der Waals surface area contributed by atoms with Gasteiger partial charge in [-0.25, -0.2) is 4.39 Å². The lowest BCUT2D eigenvalue weighted by Gasteiger charge is -2.06. The van der Waals surface area contributed by atoms with Crippen LogP contribution in [0.15, 0.2) is 58.2 Å². The molecule has 0 bridgehead atoms. The van der Waals surface area contributed by atoms with Crippen molar-refractivity contribution in [1.82, 2.24) is 10.2 Å². The van der Waals surface area contributed by atoms with Gasteiger partial charge >= 0.3 is 0 Å². The van der Waals surface area contributed by atoms with Crippen LogP contribution in [0.3, 0.4) is 0 Å². The molecule has 0 spiro atoms. The van der Waals surface area contributed by atoms with E-state index in [1.165, 1.54) is 17.8 Å². The van der Waals surface area contributed by atoms with Crippen molar-refractivity contribution in [3.8, 4) is 0 Å². The van der Waals surface area contributed by atoms with Gasteiger partial charge in [0.15, 0.2) is 0 Å². The Morgan fingerprint density at radius 3 is 2.67 bits per heavy atom. The highest BCUT2D eigenvalue weighted by atomic mass is 35.5. The normalized spacial score (nSPS) is 12.3. The van der Waals surface area contributed by atoms with Crippen molar-refractivity contribution >= 4 is 23.4 Å². The van der Waals surface area contributed by atoms with E-state index < -0.39 is 0 Å². The zero-order valence-corrected chi connectivity index (χ0v) is 14.2. The van der Waals surface area contributed by atoms with Gasteiger partial charge in [0.25, 0.3) is 5.22 Å². The van der Waals surface area contributed by atoms with E-state index >= 15 is 0 Å². The molecule has 24 heavy (non-hydrogen) atoms. The van der Waals surface area contributed by atoms with Crippen LogP contribution in [0.2, 0.25) is 5.02 Å². The minimum Gasteiger partial charge on any atom is -0.414 e. The van der Waals surface area contributed by atoms with E-state index in [9.17, 15) is 4.39 Å². The van der Waals surface area contributed by atoms with Gasteiger partial charge in [0.1, 0.15) is 5.82 Å². The Morgan fingerprint density at radius 1 is 1.12 bits per heavy atom. The molecule has 1 atom stereocenters. The van der Waals surface area contributed by atoms with Gasteiger partial charge in [0.2, 0.25) is 5.89 Å². The van der Waals surface area contributed by atoms with Gasteiger partial charge in [-0.1, -0.05) is 59.8 Å². The van der Waals surface area contributed by atoms with Crippen LogP contribution < -0.4 is 5.73 Å². The van der Waals surface area contributed by atoms with E-state index in [4.69, 9.17) is 21.8 Å². The third-order valence-corrected chi connectivity index (χ3v) is 4.64. The zero-order chi connectivity index (χ0) is 16.9. The lowest BCUT2D eigenvalue weighted by molar-refractivity contribution is 0.385. The van der Waals surface area contributed by atoms with Crippen LogP contribution in [-0.2, 0) is 12.2 Å². The second-order valence-electron chi connectivity index (χ2n) is 5.19. The topological polar surface area (TPSA) is 64.9 Å². The molecule has 3 rings (SSSR count). The molecule has 2 aromatic carbocycles. The summed E-state index contributed by atoms with van der Waals surface area (Å²) in [5.74, 6) is 0.317. The maximum Gasteiger partial charge on any atom is 0.276 e. The molecule has 4 nitrogen and oxygen atoms in total. The Balaban J connectivity index is 1.63. The van der Waals surface area contributed by atoms with E-state index in [2.05, 4.69) is 10.2 Å². The van der Waals surface area contributed by atoms with Crippen LogP contribution in [0.25, 0.3) is 0 Å². The van der Waals surface area contributed by atoms with Crippen LogP contribution in [0.1, 0.15) is 23.1 Å². The molecular formula is C17H15ClFN3OS. The summed E-state index contributed by atoms with van der Waals surface area (Å²) in [7, 11) is 0. The lowest BCUT2D eigenvalue weighted by atomic mass is 10.1. The fourth-order valence-electron chi connectivity index (χ4n) is 2.19. The molecule has 124 valence electrons. The zero-order valence-electron chi connectivity index (χ0n) is 12.7. The molecule has 0 radical (unpaired) electrons. The minimum atomic E-state index is -0.383. The third kappa shape index (κ3) is 4.14. The first-order valence-electron chi connectivity index (χ1n) is 7.32. The van der Waals surface area contributed by atoms with Crippen molar-refractivity contribution in [2.24, 2.45) is 5.73 Å². The van der Waals surface area contributed by atoms with E-state index in [-0.39, 0.29) is 11.9 Å². The maximum atomic E-state index is 13.7. The van der Waals surface area contributed by atoms with Crippen molar-refractivity contribution in [3.63, 3.8) is 0 Å². The summed E-state index contributed by atoms with van der Waals surface area (Å²) < 4.78 is 19.3. The van der Waals surface area contributed by atoms with Crippen molar-refractivity contribution in [2.75, 3.05) is 0 Å². The quantitative estimate of drug-likeness (QED) is 0.658. The summed E-state index contributed by atoms with van der Waals surface area (Å²) in [5, 5.41) is 8.65. The standard InChI is InChI=1S/C17H15ClFN3OS/c18-13-7-4-8-14(19)12(13)10-24-17-22-21-16(23-17)15(20)9-11-5-2-1-3-6-11/h1-8,15H,9-10,20H2/t15-/m0/s1. The van der Waals surface area contributed by atoms with Crippen molar-refractivity contribution in [2.45, 2.75) is 23.4 Å². The lowest BCUT2D eigenvalue weighted by Crippen LogP contribution is -2.13. The molecule has 2 N–H and O–H groups in total. The van der Waals surface area contributed by atoms with Gasteiger partial charge in [0, 0.05) is 16.3 Å². The first kappa shape index (κ1) is 17.0. The first-order chi connectivity index (χ1) is 11.6. The number of thioether (sulfide) groups is 1. The number of nitrogens with zero attached hydrogens (tertiary/aromatic N) is 2. The summed E-state index contributed by atoms with van der Waals surface area (Å²) >= 11 is 7.23. The fourth-order valence-corrected chi connectivity index (χ4v) is 3.30. The van der Waals surface area contributed by atoms with Crippen molar-refractivity contribution in [1.29, 1.82) is 0 Å². The molecule has 3 aromatic rings. The predicted octanol–water partition coefficient (Wildman–Crippen LogP) is 4.40. The van der Waals surface area contributed by atoms with Crippen molar-refractivity contribution < 1.29 is 8.81 Å². The minimum absolute atomic E-state index is 0.307. The molecule has 0 unspecified atom stereocenters. The Morgan fingerprint density at radius 2 is 1.92 bits per heavy atom. The molecule has 1 aromatic heterocycles. The summed E-state index contributed by atoms with van der Waals surface area (Å²) in [6, 6.07) is 14.0. The third-order valence-electron chi connectivity index (χ3n) is 3.44. The highest BCUT2D eigenvalue weighted by Crippen LogP contribution is 2.28. The van der Waals surface area contributed by atoms with Crippen molar-refractivity contribution in [3.05, 3.63) is 76.4 Å². The van der Waals surface area contributed by atoms with Crippen LogP contribution in [0.5, 0.6) is 0 Å². The van der Waals surface area contributed by atoms with Crippen LogP contribution in [-0.4, -0.2) is 10.2 Å². The first-order valence-corrected chi connectivity index (χ1v) is 8.68. The fraction of sp³-hybridized carbons (Fsp3) is 0.176. The summed E-state index contributed by atoms with van der Waals surface area (Å²) in [5.41, 5.74) is 7.62. The van der Waals surface area contributed by atoms with Crippen LogP contribution in [0, 0.1) is 5.82 Å². The maximum absolute atomic E-state index is 13.7. The highest BCUT2D eigenvalue weighted by Gasteiger charge is 2.16. The molecule has 0 saturated heterocycles. The molecule has 0 saturated carbocycles. The summed E-state index contributed by atoms with van der Waals surface area (Å²) in [6.07, 6.45) is 0.603. The molecule has 0 aliphatic carbocycles. The number of hydrogen-bond donors (Lipinski definition) is 1. The van der Waals surface area contributed by atoms with Crippen LogP contribution in [0.4, 0.5) is 4.39 Å². The van der Waals surface area contributed by atoms with E-state index in [0.29, 0.717) is 33.9 Å². The molecule has 7 heteroatoms. The number of rotatable bonds is 6. The number of halogens is 2. The number of aromatic nitrogens is 2. The predicted molar refractivity (Wildman–Crippen MR) is 92.3 cm³/mol. The Bertz CT molecular complexity index is 792. The average molecular weight is 364 g/mol. The molecule has 0 aliphatic heterocycles. The second kappa shape index (κ2) is 7.79.